The first-order valence-electron chi connectivity index (χ1n) is 7.77. The number of amides is 1. The number of carbonyl (C=O) groups excluding carboxylic acids is 1. The van der Waals surface area contributed by atoms with Gasteiger partial charge in [-0.2, -0.15) is 4.98 Å². The van der Waals surface area contributed by atoms with Crippen molar-refractivity contribution in [1.82, 2.24) is 15.0 Å². The molecule has 0 aliphatic carbocycles. The Hall–Kier alpha value is -2.17. The van der Waals surface area contributed by atoms with E-state index in [-0.39, 0.29) is 5.91 Å². The molecule has 0 radical (unpaired) electrons. The maximum Gasteiger partial charge on any atom is 0.227 e. The maximum absolute atomic E-state index is 11.5. The van der Waals surface area contributed by atoms with E-state index < -0.39 is 0 Å². The van der Waals surface area contributed by atoms with E-state index in [1.807, 2.05) is 36.1 Å². The highest BCUT2D eigenvalue weighted by Crippen LogP contribution is 2.23. The number of hydrogen-bond donors (Lipinski definition) is 0. The van der Waals surface area contributed by atoms with Crippen molar-refractivity contribution in [2.24, 2.45) is 5.92 Å². The first-order chi connectivity index (χ1) is 10.6. The molecule has 2 heterocycles. The van der Waals surface area contributed by atoms with E-state index in [2.05, 4.69) is 10.1 Å². The van der Waals surface area contributed by atoms with E-state index in [0.717, 1.165) is 43.5 Å². The minimum atomic E-state index is 0.149. The number of nitrogens with zero attached hydrogens (tertiary/aromatic N) is 3. The summed E-state index contributed by atoms with van der Waals surface area (Å²) in [6.45, 7) is 5.32. The van der Waals surface area contributed by atoms with Crippen LogP contribution in [0.1, 0.15) is 31.2 Å². The smallest absolute Gasteiger partial charge is 0.227 e. The lowest BCUT2D eigenvalue weighted by Gasteiger charge is -2.31. The molecule has 1 fully saturated rings. The zero-order valence-corrected chi connectivity index (χ0v) is 13.1. The van der Waals surface area contributed by atoms with Crippen LogP contribution in [-0.2, 0) is 11.2 Å². The molecule has 5 heteroatoms. The minimum absolute atomic E-state index is 0.149. The number of piperidine rings is 1. The van der Waals surface area contributed by atoms with Gasteiger partial charge in [0.1, 0.15) is 0 Å². The fraction of sp³-hybridized carbons (Fsp3) is 0.471. The lowest BCUT2D eigenvalue weighted by molar-refractivity contribution is -0.130. The van der Waals surface area contributed by atoms with Crippen LogP contribution in [0.3, 0.4) is 0 Å². The standard InChI is InChI=1S/C17H21N3O2/c1-12-6-3-4-8-15(12)17-18-16(22-19-17)10-14-7-5-9-20(11-14)13(2)21/h3-4,6,8,14H,5,7,9-11H2,1-2H3/t14-/m1/s1. The topological polar surface area (TPSA) is 59.2 Å². The quantitative estimate of drug-likeness (QED) is 0.874. The molecule has 22 heavy (non-hydrogen) atoms. The van der Waals surface area contributed by atoms with Crippen LogP contribution in [0.5, 0.6) is 0 Å². The molecule has 5 nitrogen and oxygen atoms in total. The molecule has 0 unspecified atom stereocenters. The summed E-state index contributed by atoms with van der Waals surface area (Å²) in [6, 6.07) is 8.02. The number of aromatic nitrogens is 2. The summed E-state index contributed by atoms with van der Waals surface area (Å²) in [6.07, 6.45) is 2.89. The van der Waals surface area contributed by atoms with E-state index in [0.29, 0.717) is 17.6 Å². The van der Waals surface area contributed by atoms with Gasteiger partial charge in [0.15, 0.2) is 0 Å². The lowest BCUT2D eigenvalue weighted by atomic mass is 9.95. The van der Waals surface area contributed by atoms with Gasteiger partial charge in [0, 0.05) is 32.0 Å². The van der Waals surface area contributed by atoms with E-state index in [1.165, 1.54) is 0 Å². The van der Waals surface area contributed by atoms with Crippen molar-refractivity contribution in [3.8, 4) is 11.4 Å². The molecule has 0 spiro atoms. The molecule has 1 aliphatic heterocycles. The van der Waals surface area contributed by atoms with E-state index >= 15 is 0 Å². The Balaban J connectivity index is 1.70. The number of aryl methyl sites for hydroxylation is 1. The number of benzene rings is 1. The van der Waals surface area contributed by atoms with Gasteiger partial charge in [-0.05, 0) is 31.2 Å². The maximum atomic E-state index is 11.5. The first kappa shape index (κ1) is 14.8. The van der Waals surface area contributed by atoms with Gasteiger partial charge in [0.05, 0.1) is 0 Å². The van der Waals surface area contributed by atoms with Crippen molar-refractivity contribution in [1.29, 1.82) is 0 Å². The predicted octanol–water partition coefficient (Wildman–Crippen LogP) is 2.85. The van der Waals surface area contributed by atoms with Gasteiger partial charge >= 0.3 is 0 Å². The molecular weight excluding hydrogens is 278 g/mol. The summed E-state index contributed by atoms with van der Waals surface area (Å²) in [7, 11) is 0. The summed E-state index contributed by atoms with van der Waals surface area (Å²) in [4.78, 5) is 17.9. The summed E-state index contributed by atoms with van der Waals surface area (Å²) in [5.74, 6) is 1.86. The Kier molecular flexibility index (Phi) is 4.22. The second-order valence-corrected chi connectivity index (χ2v) is 6.00. The minimum Gasteiger partial charge on any atom is -0.343 e. The molecule has 0 saturated carbocycles. The zero-order valence-electron chi connectivity index (χ0n) is 13.1. The number of likely N-dealkylation sites (tertiary alicyclic amines) is 1. The number of hydrogen-bond acceptors (Lipinski definition) is 4. The second kappa shape index (κ2) is 6.30. The van der Waals surface area contributed by atoms with Crippen LogP contribution < -0.4 is 0 Å². The molecule has 1 aromatic heterocycles. The molecule has 1 aromatic carbocycles. The zero-order chi connectivity index (χ0) is 15.5. The third kappa shape index (κ3) is 3.18. The molecule has 1 saturated heterocycles. The van der Waals surface area contributed by atoms with E-state index in [4.69, 9.17) is 4.52 Å². The van der Waals surface area contributed by atoms with E-state index in [1.54, 1.807) is 6.92 Å². The Labute approximate surface area is 130 Å². The third-order valence-electron chi connectivity index (χ3n) is 4.28. The van der Waals surface area contributed by atoms with Crippen molar-refractivity contribution < 1.29 is 9.32 Å². The summed E-state index contributed by atoms with van der Waals surface area (Å²) in [5.41, 5.74) is 2.14. The SMILES string of the molecule is CC(=O)N1CCC[C@H](Cc2nc(-c3ccccc3C)no2)C1. The molecule has 116 valence electrons. The molecule has 1 amide bonds. The molecule has 0 bridgehead atoms. The van der Waals surface area contributed by atoms with Gasteiger partial charge in [0.25, 0.3) is 0 Å². The van der Waals surface area contributed by atoms with Crippen LogP contribution >= 0.6 is 0 Å². The second-order valence-electron chi connectivity index (χ2n) is 6.00. The fourth-order valence-electron chi connectivity index (χ4n) is 3.04. The van der Waals surface area contributed by atoms with E-state index in [9.17, 15) is 4.79 Å². The Morgan fingerprint density at radius 1 is 1.41 bits per heavy atom. The Bertz CT molecular complexity index is 665. The highest BCUT2D eigenvalue weighted by atomic mass is 16.5. The van der Waals surface area contributed by atoms with Gasteiger partial charge in [-0.1, -0.05) is 29.4 Å². The van der Waals surface area contributed by atoms with Crippen molar-refractivity contribution in [2.45, 2.75) is 33.1 Å². The summed E-state index contributed by atoms with van der Waals surface area (Å²) in [5, 5.41) is 4.10. The molecule has 3 rings (SSSR count). The van der Waals surface area contributed by atoms with Crippen LogP contribution in [0.2, 0.25) is 0 Å². The number of rotatable bonds is 3. The average Bonchev–Trinajstić information content (AvgIpc) is 2.96. The lowest BCUT2D eigenvalue weighted by Crippen LogP contribution is -2.39. The van der Waals surface area contributed by atoms with Crippen LogP contribution in [0.25, 0.3) is 11.4 Å². The van der Waals surface area contributed by atoms with Crippen LogP contribution in [-0.4, -0.2) is 34.0 Å². The monoisotopic (exact) mass is 299 g/mol. The molecule has 1 aliphatic rings. The highest BCUT2D eigenvalue weighted by molar-refractivity contribution is 5.73. The Morgan fingerprint density at radius 3 is 3.00 bits per heavy atom. The predicted molar refractivity (Wildman–Crippen MR) is 83.2 cm³/mol. The van der Waals surface area contributed by atoms with Gasteiger partial charge in [0.2, 0.25) is 17.6 Å². The van der Waals surface area contributed by atoms with Crippen molar-refractivity contribution in [3.63, 3.8) is 0 Å². The highest BCUT2D eigenvalue weighted by Gasteiger charge is 2.23. The fourth-order valence-corrected chi connectivity index (χ4v) is 3.04. The van der Waals surface area contributed by atoms with Gasteiger partial charge < -0.3 is 9.42 Å². The van der Waals surface area contributed by atoms with Gasteiger partial charge in [-0.15, -0.1) is 0 Å². The largest absolute Gasteiger partial charge is 0.343 e. The normalized spacial score (nSPS) is 18.5. The summed E-state index contributed by atoms with van der Waals surface area (Å²) >= 11 is 0. The molecular formula is C17H21N3O2. The van der Waals surface area contributed by atoms with Crippen LogP contribution in [0, 0.1) is 12.8 Å². The Morgan fingerprint density at radius 2 is 2.23 bits per heavy atom. The summed E-state index contributed by atoms with van der Waals surface area (Å²) < 4.78 is 5.41. The van der Waals surface area contributed by atoms with Crippen LogP contribution in [0.4, 0.5) is 0 Å². The van der Waals surface area contributed by atoms with Gasteiger partial charge in [-0.25, -0.2) is 0 Å². The van der Waals surface area contributed by atoms with Crippen molar-refractivity contribution >= 4 is 5.91 Å². The van der Waals surface area contributed by atoms with Crippen molar-refractivity contribution in [2.75, 3.05) is 13.1 Å². The average molecular weight is 299 g/mol. The first-order valence-corrected chi connectivity index (χ1v) is 7.77. The molecule has 2 aromatic rings. The number of carbonyl (C=O) groups is 1. The van der Waals surface area contributed by atoms with Crippen molar-refractivity contribution in [3.05, 3.63) is 35.7 Å². The molecule has 0 N–H and O–H groups in total. The molecule has 1 atom stereocenters. The van der Waals surface area contributed by atoms with Crippen LogP contribution in [0.15, 0.2) is 28.8 Å². The third-order valence-corrected chi connectivity index (χ3v) is 4.28. The van der Waals surface area contributed by atoms with Gasteiger partial charge in [-0.3, -0.25) is 4.79 Å².